The van der Waals surface area contributed by atoms with Gasteiger partial charge in [-0.2, -0.15) is 13.2 Å². The highest BCUT2D eigenvalue weighted by atomic mass is 19.4. The number of urea groups is 1. The summed E-state index contributed by atoms with van der Waals surface area (Å²) in [6.07, 6.45) is -2.83. The molecule has 0 aliphatic carbocycles. The highest BCUT2D eigenvalue weighted by molar-refractivity contribution is 5.89. The lowest BCUT2D eigenvalue weighted by molar-refractivity contribution is -0.137. The van der Waals surface area contributed by atoms with Crippen molar-refractivity contribution in [1.82, 2.24) is 10.2 Å². The summed E-state index contributed by atoms with van der Waals surface area (Å²) in [5.41, 5.74) is -0.486. The van der Waals surface area contributed by atoms with Crippen LogP contribution in [0.3, 0.4) is 0 Å². The van der Waals surface area contributed by atoms with Gasteiger partial charge in [0.1, 0.15) is 5.76 Å². The van der Waals surface area contributed by atoms with Gasteiger partial charge in [-0.25, -0.2) is 4.79 Å². The number of carbonyl (C=O) groups excluding carboxylic acids is 1. The maximum Gasteiger partial charge on any atom is 0.416 e. The van der Waals surface area contributed by atoms with E-state index in [0.717, 1.165) is 17.9 Å². The van der Waals surface area contributed by atoms with Crippen molar-refractivity contribution in [2.75, 3.05) is 38.2 Å². The standard InChI is InChI=1S/C18H20F3N3O3/c19-18(20,21)13-3-5-14(6-4-13)23-17(25)22-12-15(16-2-1-9-27-16)24-7-10-26-11-8-24/h1-6,9,15H,7-8,10-12H2,(H2,22,23,25). The summed E-state index contributed by atoms with van der Waals surface area (Å²) < 4.78 is 48.6. The van der Waals surface area contributed by atoms with Gasteiger partial charge in [-0.05, 0) is 36.4 Å². The Morgan fingerprint density at radius 1 is 1.15 bits per heavy atom. The smallest absolute Gasteiger partial charge is 0.416 e. The summed E-state index contributed by atoms with van der Waals surface area (Å²) in [4.78, 5) is 14.3. The minimum Gasteiger partial charge on any atom is -0.468 e. The summed E-state index contributed by atoms with van der Waals surface area (Å²) >= 11 is 0. The number of hydrogen-bond donors (Lipinski definition) is 2. The minimum atomic E-state index is -4.41. The van der Waals surface area contributed by atoms with Crippen LogP contribution in [-0.4, -0.2) is 43.8 Å². The molecule has 1 unspecified atom stereocenters. The van der Waals surface area contributed by atoms with E-state index in [0.29, 0.717) is 32.8 Å². The molecule has 1 aromatic carbocycles. The molecule has 3 rings (SSSR count). The van der Waals surface area contributed by atoms with Crippen LogP contribution in [0.5, 0.6) is 0 Å². The number of alkyl halides is 3. The van der Waals surface area contributed by atoms with Crippen LogP contribution in [0.15, 0.2) is 47.1 Å². The Kier molecular flexibility index (Phi) is 6.02. The van der Waals surface area contributed by atoms with Gasteiger partial charge in [0, 0.05) is 25.3 Å². The normalized spacial score (nSPS) is 16.7. The molecule has 2 N–H and O–H groups in total. The van der Waals surface area contributed by atoms with E-state index >= 15 is 0 Å². The van der Waals surface area contributed by atoms with Crippen molar-refractivity contribution in [3.63, 3.8) is 0 Å². The molecule has 27 heavy (non-hydrogen) atoms. The summed E-state index contributed by atoms with van der Waals surface area (Å²) in [6, 6.07) is 7.26. The van der Waals surface area contributed by atoms with Gasteiger partial charge in [0.15, 0.2) is 0 Å². The second-order valence-corrected chi connectivity index (χ2v) is 6.09. The zero-order valence-corrected chi connectivity index (χ0v) is 14.5. The minimum absolute atomic E-state index is 0.151. The number of nitrogens with one attached hydrogen (secondary N) is 2. The van der Waals surface area contributed by atoms with Crippen LogP contribution in [0.4, 0.5) is 23.7 Å². The fourth-order valence-corrected chi connectivity index (χ4v) is 2.89. The predicted molar refractivity (Wildman–Crippen MR) is 92.3 cm³/mol. The maximum absolute atomic E-state index is 12.6. The Hall–Kier alpha value is -2.52. The molecule has 1 aliphatic heterocycles. The van der Waals surface area contributed by atoms with Crippen molar-refractivity contribution in [2.45, 2.75) is 12.2 Å². The van der Waals surface area contributed by atoms with Crippen molar-refractivity contribution in [1.29, 1.82) is 0 Å². The van der Waals surface area contributed by atoms with E-state index in [1.54, 1.807) is 12.3 Å². The molecule has 0 spiro atoms. The zero-order valence-electron chi connectivity index (χ0n) is 14.5. The number of hydrogen-bond acceptors (Lipinski definition) is 4. The molecule has 0 saturated carbocycles. The number of morpholine rings is 1. The highest BCUT2D eigenvalue weighted by Gasteiger charge is 2.30. The van der Waals surface area contributed by atoms with Gasteiger partial charge in [-0.1, -0.05) is 0 Å². The van der Waals surface area contributed by atoms with E-state index in [1.807, 2.05) is 6.07 Å². The first-order valence-electron chi connectivity index (χ1n) is 8.51. The molecule has 6 nitrogen and oxygen atoms in total. The molecule has 1 fully saturated rings. The van der Waals surface area contributed by atoms with Gasteiger partial charge >= 0.3 is 12.2 Å². The average Bonchev–Trinajstić information content (AvgIpc) is 3.17. The SMILES string of the molecule is O=C(NCC(c1ccco1)N1CCOCC1)Nc1ccc(C(F)(F)F)cc1. The van der Waals surface area contributed by atoms with E-state index in [4.69, 9.17) is 9.15 Å². The Morgan fingerprint density at radius 2 is 1.85 bits per heavy atom. The molecule has 1 atom stereocenters. The lowest BCUT2D eigenvalue weighted by Crippen LogP contribution is -2.44. The molecule has 0 radical (unpaired) electrons. The van der Waals surface area contributed by atoms with Crippen molar-refractivity contribution >= 4 is 11.7 Å². The van der Waals surface area contributed by atoms with E-state index < -0.39 is 17.8 Å². The van der Waals surface area contributed by atoms with Crippen LogP contribution >= 0.6 is 0 Å². The summed E-state index contributed by atoms with van der Waals surface area (Å²) in [5, 5.41) is 5.28. The van der Waals surface area contributed by atoms with Gasteiger partial charge < -0.3 is 19.8 Å². The van der Waals surface area contributed by atoms with E-state index in [1.165, 1.54) is 12.1 Å². The first-order chi connectivity index (χ1) is 12.9. The molecule has 0 bridgehead atoms. The molecule has 1 aliphatic rings. The second kappa shape index (κ2) is 8.45. The Labute approximate surface area is 154 Å². The van der Waals surface area contributed by atoms with Crippen LogP contribution < -0.4 is 10.6 Å². The van der Waals surface area contributed by atoms with Crippen LogP contribution in [0.1, 0.15) is 17.4 Å². The van der Waals surface area contributed by atoms with Gasteiger partial charge in [0.25, 0.3) is 0 Å². The summed E-state index contributed by atoms with van der Waals surface area (Å²) in [7, 11) is 0. The number of anilines is 1. The first-order valence-corrected chi connectivity index (χ1v) is 8.51. The molecule has 1 aromatic heterocycles. The van der Waals surface area contributed by atoms with Crippen molar-refractivity contribution in [3.8, 4) is 0 Å². The van der Waals surface area contributed by atoms with Crippen molar-refractivity contribution in [2.24, 2.45) is 0 Å². The van der Waals surface area contributed by atoms with Gasteiger partial charge in [0.2, 0.25) is 0 Å². The van der Waals surface area contributed by atoms with Crippen molar-refractivity contribution < 1.29 is 27.1 Å². The van der Waals surface area contributed by atoms with E-state index in [9.17, 15) is 18.0 Å². The highest BCUT2D eigenvalue weighted by Crippen LogP contribution is 2.29. The lowest BCUT2D eigenvalue weighted by Gasteiger charge is -2.33. The van der Waals surface area contributed by atoms with Crippen molar-refractivity contribution in [3.05, 3.63) is 54.0 Å². The number of ether oxygens (including phenoxy) is 1. The average molecular weight is 383 g/mol. The number of rotatable bonds is 5. The van der Waals surface area contributed by atoms with Crippen LogP contribution in [0, 0.1) is 0 Å². The third-order valence-corrected chi connectivity index (χ3v) is 4.28. The number of benzene rings is 1. The number of furan rings is 1. The molecular formula is C18H20F3N3O3. The molecule has 146 valence electrons. The number of halogens is 3. The maximum atomic E-state index is 12.6. The first kappa shape index (κ1) is 19.2. The Balaban J connectivity index is 1.57. The third kappa shape index (κ3) is 5.24. The molecule has 2 aromatic rings. The largest absolute Gasteiger partial charge is 0.468 e. The molecule has 9 heteroatoms. The van der Waals surface area contributed by atoms with Gasteiger partial charge in [-0.3, -0.25) is 4.90 Å². The quantitative estimate of drug-likeness (QED) is 0.830. The topological polar surface area (TPSA) is 66.7 Å². The van der Waals surface area contributed by atoms with Crippen LogP contribution in [0.25, 0.3) is 0 Å². The molecule has 1 saturated heterocycles. The second-order valence-electron chi connectivity index (χ2n) is 6.09. The lowest BCUT2D eigenvalue weighted by atomic mass is 10.1. The predicted octanol–water partition coefficient (Wildman–Crippen LogP) is 3.49. The molecular weight excluding hydrogens is 363 g/mol. The van der Waals surface area contributed by atoms with Crippen LogP contribution in [-0.2, 0) is 10.9 Å². The monoisotopic (exact) mass is 383 g/mol. The fraction of sp³-hybridized carbons (Fsp3) is 0.389. The third-order valence-electron chi connectivity index (χ3n) is 4.28. The fourth-order valence-electron chi connectivity index (χ4n) is 2.89. The number of carbonyl (C=O) groups is 1. The van der Waals surface area contributed by atoms with E-state index in [2.05, 4.69) is 15.5 Å². The number of amides is 2. The zero-order chi connectivity index (χ0) is 19.3. The Morgan fingerprint density at radius 3 is 2.44 bits per heavy atom. The van der Waals surface area contributed by atoms with E-state index in [-0.39, 0.29) is 11.7 Å². The van der Waals surface area contributed by atoms with Gasteiger partial charge in [0.05, 0.1) is 31.1 Å². The summed E-state index contributed by atoms with van der Waals surface area (Å²) in [5.74, 6) is 0.728. The molecule has 2 amide bonds. The molecule has 2 heterocycles. The van der Waals surface area contributed by atoms with Gasteiger partial charge in [-0.15, -0.1) is 0 Å². The van der Waals surface area contributed by atoms with Crippen LogP contribution in [0.2, 0.25) is 0 Å². The Bertz CT molecular complexity index is 727. The summed E-state index contributed by atoms with van der Waals surface area (Å²) in [6.45, 7) is 2.94. The number of nitrogens with zero attached hydrogens (tertiary/aromatic N) is 1.